The summed E-state index contributed by atoms with van der Waals surface area (Å²) in [7, 11) is -2.04. The lowest BCUT2D eigenvalue weighted by molar-refractivity contribution is 0.184. The van der Waals surface area contributed by atoms with Gasteiger partial charge in [0, 0.05) is 19.8 Å². The Hall–Kier alpha value is -1.31. The zero-order valence-electron chi connectivity index (χ0n) is 11.5. The van der Waals surface area contributed by atoms with Gasteiger partial charge < -0.3 is 15.2 Å². The molecule has 0 amide bonds. The van der Waals surface area contributed by atoms with Crippen LogP contribution in [0.1, 0.15) is 12.8 Å². The summed E-state index contributed by atoms with van der Waals surface area (Å²) in [5.41, 5.74) is 6.03. The molecule has 112 valence electrons. The van der Waals surface area contributed by atoms with E-state index in [9.17, 15) is 8.42 Å². The fourth-order valence-electron chi connectivity index (χ4n) is 2.17. The number of nitrogens with one attached hydrogen (secondary N) is 1. The minimum absolute atomic E-state index is 0.151. The Balaban J connectivity index is 1.96. The number of rotatable bonds is 6. The summed E-state index contributed by atoms with van der Waals surface area (Å²) in [4.78, 5) is 0.151. The standard InChI is InChI=1S/C13H20N2O4S/c1-18-13-3-2-11(8-12(13)14)20(16,17)15-6-4-10-5-7-19-9-10/h2-3,8,10,15H,4-7,9,14H2,1H3. The van der Waals surface area contributed by atoms with Gasteiger partial charge in [0.05, 0.1) is 17.7 Å². The third-order valence-electron chi connectivity index (χ3n) is 3.38. The molecule has 3 N–H and O–H groups in total. The van der Waals surface area contributed by atoms with Crippen LogP contribution in [0.25, 0.3) is 0 Å². The molecule has 0 spiro atoms. The lowest BCUT2D eigenvalue weighted by Gasteiger charge is -2.11. The number of sulfonamides is 1. The summed E-state index contributed by atoms with van der Waals surface area (Å²) in [6.45, 7) is 1.89. The van der Waals surface area contributed by atoms with Crippen LogP contribution in [0.3, 0.4) is 0 Å². The zero-order valence-corrected chi connectivity index (χ0v) is 12.3. The molecule has 1 aliphatic heterocycles. The second-order valence-corrected chi connectivity index (χ2v) is 6.59. The molecule has 2 rings (SSSR count). The van der Waals surface area contributed by atoms with Crippen molar-refractivity contribution in [3.8, 4) is 5.75 Å². The average molecular weight is 300 g/mol. The molecule has 1 saturated heterocycles. The molecule has 1 aromatic rings. The maximum Gasteiger partial charge on any atom is 0.240 e. The predicted octanol–water partition coefficient (Wildman–Crippen LogP) is 0.982. The molecule has 6 nitrogen and oxygen atoms in total. The Kier molecular flexibility index (Phi) is 4.85. The lowest BCUT2D eigenvalue weighted by atomic mass is 10.1. The van der Waals surface area contributed by atoms with E-state index in [0.717, 1.165) is 26.1 Å². The van der Waals surface area contributed by atoms with Crippen LogP contribution in [-0.4, -0.2) is 35.3 Å². The van der Waals surface area contributed by atoms with Crippen molar-refractivity contribution < 1.29 is 17.9 Å². The highest BCUT2D eigenvalue weighted by Crippen LogP contribution is 2.24. The molecule has 1 unspecified atom stereocenters. The molecule has 1 atom stereocenters. The summed E-state index contributed by atoms with van der Waals surface area (Å²) in [5, 5.41) is 0. The highest BCUT2D eigenvalue weighted by atomic mass is 32.2. The SMILES string of the molecule is COc1ccc(S(=O)(=O)NCCC2CCOC2)cc1N. The lowest BCUT2D eigenvalue weighted by Crippen LogP contribution is -2.26. The number of nitrogen functional groups attached to an aromatic ring is 1. The van der Waals surface area contributed by atoms with Gasteiger partial charge >= 0.3 is 0 Å². The van der Waals surface area contributed by atoms with Crippen LogP contribution in [0.15, 0.2) is 23.1 Å². The van der Waals surface area contributed by atoms with E-state index >= 15 is 0 Å². The number of hydrogen-bond acceptors (Lipinski definition) is 5. The monoisotopic (exact) mass is 300 g/mol. The van der Waals surface area contributed by atoms with Gasteiger partial charge in [-0.2, -0.15) is 0 Å². The van der Waals surface area contributed by atoms with E-state index in [1.165, 1.54) is 19.2 Å². The molecule has 1 aliphatic rings. The van der Waals surface area contributed by atoms with Crippen molar-refractivity contribution in [2.24, 2.45) is 5.92 Å². The molecule has 1 fully saturated rings. The number of hydrogen-bond donors (Lipinski definition) is 2. The summed E-state index contributed by atoms with van der Waals surface area (Å²) >= 11 is 0. The summed E-state index contributed by atoms with van der Waals surface area (Å²) in [6.07, 6.45) is 1.78. The van der Waals surface area contributed by atoms with Crippen molar-refractivity contribution in [2.75, 3.05) is 32.6 Å². The first-order valence-corrected chi connectivity index (χ1v) is 8.02. The van der Waals surface area contributed by atoms with Crippen molar-refractivity contribution in [2.45, 2.75) is 17.7 Å². The van der Waals surface area contributed by atoms with Crippen LogP contribution < -0.4 is 15.2 Å². The number of benzene rings is 1. The fourth-order valence-corrected chi connectivity index (χ4v) is 3.25. The number of nitrogens with two attached hydrogens (primary N) is 1. The maximum atomic E-state index is 12.1. The van der Waals surface area contributed by atoms with Crippen LogP contribution >= 0.6 is 0 Å². The summed E-state index contributed by atoms with van der Waals surface area (Å²) in [5.74, 6) is 0.908. The molecule has 20 heavy (non-hydrogen) atoms. The van der Waals surface area contributed by atoms with Crippen molar-refractivity contribution >= 4 is 15.7 Å². The molecule has 1 aromatic carbocycles. The highest BCUT2D eigenvalue weighted by molar-refractivity contribution is 7.89. The predicted molar refractivity (Wildman–Crippen MR) is 76.1 cm³/mol. The first-order chi connectivity index (χ1) is 9.53. The molecule has 0 radical (unpaired) electrons. The van der Waals surface area contributed by atoms with Crippen LogP contribution in [0.4, 0.5) is 5.69 Å². The number of anilines is 1. The van der Waals surface area contributed by atoms with Gasteiger partial charge in [-0.05, 0) is 37.0 Å². The summed E-state index contributed by atoms with van der Waals surface area (Å²) in [6, 6.07) is 4.44. The van der Waals surface area contributed by atoms with Gasteiger partial charge in [0.1, 0.15) is 5.75 Å². The maximum absolute atomic E-state index is 12.1. The van der Waals surface area contributed by atoms with E-state index < -0.39 is 10.0 Å². The minimum Gasteiger partial charge on any atom is -0.495 e. The van der Waals surface area contributed by atoms with Gasteiger partial charge in [-0.15, -0.1) is 0 Å². The van der Waals surface area contributed by atoms with Gasteiger partial charge in [-0.3, -0.25) is 0 Å². The molecule has 7 heteroatoms. The van der Waals surface area contributed by atoms with E-state index in [1.54, 1.807) is 6.07 Å². The zero-order chi connectivity index (χ0) is 14.6. The topological polar surface area (TPSA) is 90.7 Å². The van der Waals surface area contributed by atoms with Gasteiger partial charge in [0.25, 0.3) is 0 Å². The second kappa shape index (κ2) is 6.43. The molecule has 0 aliphatic carbocycles. The highest BCUT2D eigenvalue weighted by Gasteiger charge is 2.18. The van der Waals surface area contributed by atoms with Gasteiger partial charge in [-0.1, -0.05) is 0 Å². The normalized spacial score (nSPS) is 19.1. The van der Waals surface area contributed by atoms with Crippen LogP contribution in [0.2, 0.25) is 0 Å². The van der Waals surface area contributed by atoms with Crippen LogP contribution in [-0.2, 0) is 14.8 Å². The molecule has 0 bridgehead atoms. The van der Waals surface area contributed by atoms with Crippen LogP contribution in [0, 0.1) is 5.92 Å². The Morgan fingerprint density at radius 1 is 1.50 bits per heavy atom. The first kappa shape index (κ1) is 15.1. The Labute approximate surface area is 119 Å². The fraction of sp³-hybridized carbons (Fsp3) is 0.538. The largest absolute Gasteiger partial charge is 0.495 e. The first-order valence-electron chi connectivity index (χ1n) is 6.54. The van der Waals surface area contributed by atoms with Gasteiger partial charge in [0.15, 0.2) is 0 Å². The van der Waals surface area contributed by atoms with Gasteiger partial charge in [-0.25, -0.2) is 13.1 Å². The second-order valence-electron chi connectivity index (χ2n) is 4.82. The Morgan fingerprint density at radius 3 is 2.90 bits per heavy atom. The molecular weight excluding hydrogens is 280 g/mol. The van der Waals surface area contributed by atoms with E-state index in [-0.39, 0.29) is 4.90 Å². The number of methoxy groups -OCH3 is 1. The van der Waals surface area contributed by atoms with Crippen LogP contribution in [0.5, 0.6) is 5.75 Å². The van der Waals surface area contributed by atoms with E-state index in [4.69, 9.17) is 15.2 Å². The molecular formula is C13H20N2O4S. The minimum atomic E-state index is -3.53. The molecule has 0 saturated carbocycles. The quantitative estimate of drug-likeness (QED) is 0.764. The smallest absolute Gasteiger partial charge is 0.240 e. The third kappa shape index (κ3) is 3.62. The van der Waals surface area contributed by atoms with Crippen molar-refractivity contribution in [1.29, 1.82) is 0 Å². The Bertz CT molecular complexity index is 553. The van der Waals surface area contributed by atoms with E-state index in [0.29, 0.717) is 23.9 Å². The van der Waals surface area contributed by atoms with E-state index in [1.807, 2.05) is 0 Å². The van der Waals surface area contributed by atoms with Crippen molar-refractivity contribution in [3.63, 3.8) is 0 Å². The average Bonchev–Trinajstić information content (AvgIpc) is 2.91. The van der Waals surface area contributed by atoms with Gasteiger partial charge in [0.2, 0.25) is 10.0 Å². The molecule has 1 heterocycles. The van der Waals surface area contributed by atoms with Crippen molar-refractivity contribution in [1.82, 2.24) is 4.72 Å². The molecule has 0 aromatic heterocycles. The van der Waals surface area contributed by atoms with E-state index in [2.05, 4.69) is 4.72 Å². The van der Waals surface area contributed by atoms with Crippen molar-refractivity contribution in [3.05, 3.63) is 18.2 Å². The summed E-state index contributed by atoms with van der Waals surface area (Å²) < 4.78 is 37.1. The number of ether oxygens (including phenoxy) is 2. The Morgan fingerprint density at radius 2 is 2.30 bits per heavy atom. The third-order valence-corrected chi connectivity index (χ3v) is 4.84.